The van der Waals surface area contributed by atoms with Crippen LogP contribution < -0.4 is 5.32 Å². The molecule has 0 aliphatic carbocycles. The second kappa shape index (κ2) is 7.65. The van der Waals surface area contributed by atoms with Gasteiger partial charge in [-0.1, -0.05) is 0 Å². The molecule has 2 heterocycles. The van der Waals surface area contributed by atoms with E-state index in [0.717, 1.165) is 10.6 Å². The number of aromatic nitrogens is 2. The predicted molar refractivity (Wildman–Crippen MR) is 85.7 cm³/mol. The zero-order chi connectivity index (χ0) is 15.9. The molecule has 22 heavy (non-hydrogen) atoms. The summed E-state index contributed by atoms with van der Waals surface area (Å²) in [7, 11) is 0. The molecule has 0 saturated heterocycles. The minimum absolute atomic E-state index is 0.475. The molecule has 2 rings (SSSR count). The van der Waals surface area contributed by atoms with Gasteiger partial charge in [0, 0.05) is 37.3 Å². The van der Waals surface area contributed by atoms with Crippen molar-refractivity contribution in [3.63, 3.8) is 0 Å². The summed E-state index contributed by atoms with van der Waals surface area (Å²) < 4.78 is 0. The highest BCUT2D eigenvalue weighted by Crippen LogP contribution is 2.09. The van der Waals surface area contributed by atoms with Gasteiger partial charge in [0.05, 0.1) is 16.9 Å². The van der Waals surface area contributed by atoms with E-state index in [1.54, 1.807) is 29.8 Å². The number of hydrogen-bond acceptors (Lipinski definition) is 5. The quantitative estimate of drug-likeness (QED) is 0.854. The Kier molecular flexibility index (Phi) is 5.60. The molecule has 7 heteroatoms. The lowest BCUT2D eigenvalue weighted by Crippen LogP contribution is -2.40. The van der Waals surface area contributed by atoms with Gasteiger partial charge in [-0.15, -0.1) is 11.3 Å². The Labute approximate surface area is 133 Å². The summed E-state index contributed by atoms with van der Waals surface area (Å²) in [6.07, 6.45) is 5.58. The van der Waals surface area contributed by atoms with Crippen LogP contribution in [0.25, 0.3) is 0 Å². The lowest BCUT2D eigenvalue weighted by molar-refractivity contribution is -0.143. The highest BCUT2D eigenvalue weighted by atomic mass is 32.1. The molecule has 2 amide bonds. The average molecular weight is 318 g/mol. The fraction of sp³-hybridized carbons (Fsp3) is 0.333. The molecule has 6 nitrogen and oxygen atoms in total. The van der Waals surface area contributed by atoms with E-state index in [2.05, 4.69) is 15.3 Å². The van der Waals surface area contributed by atoms with E-state index in [1.807, 2.05) is 19.2 Å². The number of amides is 2. The van der Waals surface area contributed by atoms with Crippen LogP contribution in [0, 0.1) is 6.92 Å². The first-order valence-electron chi connectivity index (χ1n) is 7.00. The number of anilines is 1. The Morgan fingerprint density at radius 1 is 1.36 bits per heavy atom. The molecule has 0 saturated carbocycles. The van der Waals surface area contributed by atoms with Crippen molar-refractivity contribution in [3.05, 3.63) is 40.6 Å². The van der Waals surface area contributed by atoms with Crippen LogP contribution in [-0.2, 0) is 16.0 Å². The van der Waals surface area contributed by atoms with Crippen LogP contribution in [0.3, 0.4) is 0 Å². The third kappa shape index (κ3) is 4.36. The fourth-order valence-corrected chi connectivity index (χ4v) is 2.57. The van der Waals surface area contributed by atoms with Crippen molar-refractivity contribution >= 4 is 28.8 Å². The Balaban J connectivity index is 1.93. The highest BCUT2D eigenvalue weighted by molar-refractivity contribution is 7.09. The summed E-state index contributed by atoms with van der Waals surface area (Å²) >= 11 is 1.54. The number of likely N-dealkylation sites (N-methyl/N-ethyl adjacent to an activating group) is 1. The first-order chi connectivity index (χ1) is 10.6. The van der Waals surface area contributed by atoms with Crippen molar-refractivity contribution < 1.29 is 9.59 Å². The molecule has 0 atom stereocenters. The smallest absolute Gasteiger partial charge is 0.313 e. The van der Waals surface area contributed by atoms with E-state index in [4.69, 9.17) is 0 Å². The maximum absolute atomic E-state index is 12.2. The van der Waals surface area contributed by atoms with Gasteiger partial charge in [0.25, 0.3) is 0 Å². The fourth-order valence-electron chi connectivity index (χ4n) is 1.96. The third-order valence-electron chi connectivity index (χ3n) is 3.08. The molecule has 0 aliphatic heterocycles. The Bertz CT molecular complexity index is 643. The topological polar surface area (TPSA) is 75.2 Å². The van der Waals surface area contributed by atoms with Crippen LogP contribution in [0.2, 0.25) is 0 Å². The van der Waals surface area contributed by atoms with Crippen molar-refractivity contribution in [2.45, 2.75) is 20.3 Å². The zero-order valence-corrected chi connectivity index (χ0v) is 13.4. The first kappa shape index (κ1) is 16.1. The van der Waals surface area contributed by atoms with E-state index in [-0.39, 0.29) is 0 Å². The number of aryl methyl sites for hydroxylation is 1. The van der Waals surface area contributed by atoms with Crippen molar-refractivity contribution in [1.82, 2.24) is 14.9 Å². The molecule has 0 spiro atoms. The van der Waals surface area contributed by atoms with E-state index in [0.29, 0.717) is 25.2 Å². The van der Waals surface area contributed by atoms with Gasteiger partial charge in [0.1, 0.15) is 0 Å². The Morgan fingerprint density at radius 2 is 2.18 bits per heavy atom. The van der Waals surface area contributed by atoms with Gasteiger partial charge in [0.2, 0.25) is 0 Å². The van der Waals surface area contributed by atoms with Crippen molar-refractivity contribution in [3.8, 4) is 0 Å². The van der Waals surface area contributed by atoms with Crippen molar-refractivity contribution in [2.75, 3.05) is 18.4 Å². The standard InChI is InChI=1S/C15H18N4O2S/c1-3-19(6-4-13-17-5-7-22-13)15(21)14(20)18-12-8-11(2)9-16-10-12/h5,7-10H,3-4,6H2,1-2H3,(H,18,20). The van der Waals surface area contributed by atoms with Gasteiger partial charge in [-0.25, -0.2) is 4.98 Å². The number of carbonyl (C=O) groups is 2. The van der Waals surface area contributed by atoms with Crippen LogP contribution in [0.1, 0.15) is 17.5 Å². The summed E-state index contributed by atoms with van der Waals surface area (Å²) in [4.78, 5) is 33.9. The molecule has 0 radical (unpaired) electrons. The Morgan fingerprint density at radius 3 is 2.82 bits per heavy atom. The highest BCUT2D eigenvalue weighted by Gasteiger charge is 2.20. The molecule has 0 aliphatic rings. The number of pyridine rings is 1. The van der Waals surface area contributed by atoms with E-state index >= 15 is 0 Å². The number of nitrogens with zero attached hydrogens (tertiary/aromatic N) is 3. The predicted octanol–water partition coefficient (Wildman–Crippen LogP) is 1.88. The van der Waals surface area contributed by atoms with Gasteiger partial charge in [-0.3, -0.25) is 14.6 Å². The maximum Gasteiger partial charge on any atom is 0.313 e. The van der Waals surface area contributed by atoms with Gasteiger partial charge < -0.3 is 10.2 Å². The van der Waals surface area contributed by atoms with Crippen LogP contribution in [-0.4, -0.2) is 39.8 Å². The van der Waals surface area contributed by atoms with E-state index < -0.39 is 11.8 Å². The second-order valence-corrected chi connectivity index (χ2v) is 5.74. The summed E-state index contributed by atoms with van der Waals surface area (Å²) in [5, 5.41) is 5.43. The largest absolute Gasteiger partial charge is 0.334 e. The molecule has 0 aromatic carbocycles. The van der Waals surface area contributed by atoms with Gasteiger partial charge in [-0.2, -0.15) is 0 Å². The minimum atomic E-state index is -0.645. The first-order valence-corrected chi connectivity index (χ1v) is 7.88. The Hall–Kier alpha value is -2.28. The number of nitrogens with one attached hydrogen (secondary N) is 1. The van der Waals surface area contributed by atoms with Gasteiger partial charge in [0.15, 0.2) is 0 Å². The van der Waals surface area contributed by atoms with E-state index in [9.17, 15) is 9.59 Å². The summed E-state index contributed by atoms with van der Waals surface area (Å²) in [5.41, 5.74) is 1.44. The molecule has 2 aromatic rings. The number of hydrogen-bond donors (Lipinski definition) is 1. The SMILES string of the molecule is CCN(CCc1nccs1)C(=O)C(=O)Nc1cncc(C)c1. The average Bonchev–Trinajstić information content (AvgIpc) is 3.01. The number of thiazole rings is 1. The lowest BCUT2D eigenvalue weighted by Gasteiger charge is -2.19. The third-order valence-corrected chi connectivity index (χ3v) is 3.91. The normalized spacial score (nSPS) is 10.3. The number of carbonyl (C=O) groups excluding carboxylic acids is 2. The maximum atomic E-state index is 12.2. The van der Waals surface area contributed by atoms with E-state index in [1.165, 1.54) is 11.1 Å². The molecule has 2 aromatic heterocycles. The second-order valence-electron chi connectivity index (χ2n) is 4.77. The molecule has 0 fully saturated rings. The molecule has 116 valence electrons. The van der Waals surface area contributed by atoms with Crippen LogP contribution in [0.15, 0.2) is 30.0 Å². The van der Waals surface area contributed by atoms with Crippen LogP contribution in [0.5, 0.6) is 0 Å². The minimum Gasteiger partial charge on any atom is -0.334 e. The van der Waals surface area contributed by atoms with Crippen molar-refractivity contribution in [2.24, 2.45) is 0 Å². The van der Waals surface area contributed by atoms with Gasteiger partial charge >= 0.3 is 11.8 Å². The molecule has 1 N–H and O–H groups in total. The molecule has 0 unspecified atom stereocenters. The van der Waals surface area contributed by atoms with Crippen LogP contribution in [0.4, 0.5) is 5.69 Å². The monoisotopic (exact) mass is 318 g/mol. The zero-order valence-electron chi connectivity index (χ0n) is 12.6. The summed E-state index contributed by atoms with van der Waals surface area (Å²) in [6.45, 7) is 4.67. The lowest BCUT2D eigenvalue weighted by atomic mass is 10.3. The van der Waals surface area contributed by atoms with Crippen molar-refractivity contribution in [1.29, 1.82) is 0 Å². The molecule has 0 bridgehead atoms. The summed E-state index contributed by atoms with van der Waals surface area (Å²) in [5.74, 6) is -1.19. The van der Waals surface area contributed by atoms with Crippen LogP contribution >= 0.6 is 11.3 Å². The van der Waals surface area contributed by atoms with Gasteiger partial charge in [-0.05, 0) is 25.5 Å². The number of rotatable bonds is 5. The molecular formula is C15H18N4O2S. The summed E-state index contributed by atoms with van der Waals surface area (Å²) in [6, 6.07) is 1.77. The molecular weight excluding hydrogens is 300 g/mol.